The fourth-order valence-electron chi connectivity index (χ4n) is 5.05. The Kier molecular flexibility index (Phi) is 3.06. The summed E-state index contributed by atoms with van der Waals surface area (Å²) in [5.74, 6) is 3.22. The Hall–Kier alpha value is -0.570. The number of rotatable bonds is 2. The molecule has 4 aliphatic rings. The molecule has 3 heteroatoms. The summed E-state index contributed by atoms with van der Waals surface area (Å²) in [4.78, 5) is 14.9. The number of carbonyl (C=O) groups is 1. The lowest BCUT2D eigenvalue weighted by molar-refractivity contribution is -0.135. The molecule has 4 atom stereocenters. The second-order valence-corrected chi connectivity index (χ2v) is 7.17. The minimum atomic E-state index is 0.434. The molecule has 0 aromatic heterocycles. The van der Waals surface area contributed by atoms with E-state index in [0.29, 0.717) is 17.9 Å². The van der Waals surface area contributed by atoms with Gasteiger partial charge < -0.3 is 10.2 Å². The van der Waals surface area contributed by atoms with Crippen LogP contribution in [0.3, 0.4) is 0 Å². The van der Waals surface area contributed by atoms with Crippen molar-refractivity contribution >= 4 is 5.91 Å². The Labute approximate surface area is 116 Å². The number of nitrogens with one attached hydrogen (secondary N) is 1. The van der Waals surface area contributed by atoms with Crippen LogP contribution in [-0.2, 0) is 4.79 Å². The fourth-order valence-corrected chi connectivity index (χ4v) is 5.05. The van der Waals surface area contributed by atoms with Gasteiger partial charge in [0.05, 0.1) is 0 Å². The summed E-state index contributed by atoms with van der Waals surface area (Å²) in [7, 11) is 0. The lowest BCUT2D eigenvalue weighted by Gasteiger charge is -2.36. The van der Waals surface area contributed by atoms with Gasteiger partial charge in [0.2, 0.25) is 5.91 Å². The molecule has 2 aliphatic heterocycles. The van der Waals surface area contributed by atoms with E-state index in [1.807, 2.05) is 0 Å². The number of carbonyl (C=O) groups excluding carboxylic acids is 1. The van der Waals surface area contributed by atoms with Gasteiger partial charge in [-0.3, -0.25) is 4.79 Å². The van der Waals surface area contributed by atoms with Gasteiger partial charge in [0.1, 0.15) is 0 Å². The fraction of sp³-hybridized carbons (Fsp3) is 0.938. The molecule has 2 aliphatic carbocycles. The van der Waals surface area contributed by atoms with Gasteiger partial charge in [0, 0.05) is 25.0 Å². The molecule has 0 radical (unpaired) electrons. The Morgan fingerprint density at radius 3 is 2.58 bits per heavy atom. The first-order valence-electron chi connectivity index (χ1n) is 8.37. The summed E-state index contributed by atoms with van der Waals surface area (Å²) in [5.41, 5.74) is 0. The summed E-state index contributed by atoms with van der Waals surface area (Å²) < 4.78 is 0. The number of fused-ring (bicyclic) bond motifs is 1. The molecule has 1 amide bonds. The third-order valence-corrected chi connectivity index (χ3v) is 6.13. The van der Waals surface area contributed by atoms with Crippen LogP contribution in [0, 0.1) is 23.7 Å². The van der Waals surface area contributed by atoms with E-state index in [2.05, 4.69) is 10.2 Å². The van der Waals surface area contributed by atoms with Gasteiger partial charge in [-0.25, -0.2) is 0 Å². The van der Waals surface area contributed by atoms with Crippen LogP contribution in [0.15, 0.2) is 0 Å². The van der Waals surface area contributed by atoms with Crippen LogP contribution in [0.25, 0.3) is 0 Å². The van der Waals surface area contributed by atoms with Gasteiger partial charge in [-0.15, -0.1) is 0 Å². The second-order valence-electron chi connectivity index (χ2n) is 7.17. The molecular formula is C16H26N2O. The highest BCUT2D eigenvalue weighted by atomic mass is 16.2. The number of piperidine rings is 1. The minimum absolute atomic E-state index is 0.434. The van der Waals surface area contributed by atoms with Gasteiger partial charge in [-0.1, -0.05) is 6.42 Å². The molecule has 0 aromatic rings. The molecule has 1 N–H and O–H groups in total. The van der Waals surface area contributed by atoms with E-state index in [-0.39, 0.29) is 0 Å². The van der Waals surface area contributed by atoms with Gasteiger partial charge in [0.15, 0.2) is 0 Å². The van der Waals surface area contributed by atoms with Crippen molar-refractivity contribution < 1.29 is 4.79 Å². The molecule has 19 heavy (non-hydrogen) atoms. The topological polar surface area (TPSA) is 32.3 Å². The number of hydrogen-bond donors (Lipinski definition) is 1. The van der Waals surface area contributed by atoms with Crippen LogP contribution in [0.4, 0.5) is 0 Å². The van der Waals surface area contributed by atoms with Gasteiger partial charge >= 0.3 is 0 Å². The Morgan fingerprint density at radius 2 is 1.84 bits per heavy atom. The summed E-state index contributed by atoms with van der Waals surface area (Å²) >= 11 is 0. The lowest BCUT2D eigenvalue weighted by Crippen LogP contribution is -2.46. The lowest BCUT2D eigenvalue weighted by atomic mass is 9.89. The van der Waals surface area contributed by atoms with Crippen LogP contribution in [0.1, 0.15) is 44.9 Å². The summed E-state index contributed by atoms with van der Waals surface area (Å²) in [6.45, 7) is 3.24. The monoisotopic (exact) mass is 262 g/mol. The molecule has 2 saturated heterocycles. The molecule has 0 bridgehead atoms. The van der Waals surface area contributed by atoms with Crippen LogP contribution in [-0.4, -0.2) is 36.5 Å². The van der Waals surface area contributed by atoms with Crippen molar-refractivity contribution in [2.24, 2.45) is 23.7 Å². The van der Waals surface area contributed by atoms with E-state index in [9.17, 15) is 4.79 Å². The van der Waals surface area contributed by atoms with E-state index in [0.717, 1.165) is 30.8 Å². The normalized spacial score (nSPS) is 45.3. The van der Waals surface area contributed by atoms with Crippen molar-refractivity contribution in [3.8, 4) is 0 Å². The van der Waals surface area contributed by atoms with E-state index >= 15 is 0 Å². The number of amides is 1. The van der Waals surface area contributed by atoms with Crippen LogP contribution in [0.5, 0.6) is 0 Å². The van der Waals surface area contributed by atoms with Crippen LogP contribution in [0.2, 0.25) is 0 Å². The quantitative estimate of drug-likeness (QED) is 0.826. The van der Waals surface area contributed by atoms with E-state index in [4.69, 9.17) is 0 Å². The zero-order chi connectivity index (χ0) is 12.8. The predicted molar refractivity (Wildman–Crippen MR) is 74.6 cm³/mol. The van der Waals surface area contributed by atoms with Crippen LogP contribution >= 0.6 is 0 Å². The van der Waals surface area contributed by atoms with Crippen molar-refractivity contribution in [1.82, 2.24) is 10.2 Å². The maximum absolute atomic E-state index is 12.6. The van der Waals surface area contributed by atoms with Crippen LogP contribution < -0.4 is 5.32 Å². The highest BCUT2D eigenvalue weighted by molar-refractivity contribution is 5.82. The molecule has 3 nitrogen and oxygen atoms in total. The maximum Gasteiger partial charge on any atom is 0.226 e. The van der Waals surface area contributed by atoms with E-state index in [1.54, 1.807) is 0 Å². The SMILES string of the molecule is O=C(C1C2CCCC21)N1CCCC(C2CCCN2)C1. The van der Waals surface area contributed by atoms with Crippen molar-refractivity contribution in [3.63, 3.8) is 0 Å². The Balaban J connectivity index is 1.37. The molecular weight excluding hydrogens is 236 g/mol. The number of nitrogens with zero attached hydrogens (tertiary/aromatic N) is 1. The first kappa shape index (κ1) is 12.2. The highest BCUT2D eigenvalue weighted by Crippen LogP contribution is 2.58. The minimum Gasteiger partial charge on any atom is -0.342 e. The highest BCUT2D eigenvalue weighted by Gasteiger charge is 2.57. The van der Waals surface area contributed by atoms with Gasteiger partial charge in [0.25, 0.3) is 0 Å². The Bertz CT molecular complexity index is 354. The summed E-state index contributed by atoms with van der Waals surface area (Å²) in [6, 6.07) is 0.689. The van der Waals surface area contributed by atoms with E-state index < -0.39 is 0 Å². The molecule has 2 heterocycles. The number of likely N-dealkylation sites (tertiary alicyclic amines) is 1. The first-order chi connectivity index (χ1) is 9.34. The third-order valence-electron chi connectivity index (χ3n) is 6.13. The molecule has 4 unspecified atom stereocenters. The molecule has 0 spiro atoms. The summed E-state index contributed by atoms with van der Waals surface area (Å²) in [5, 5.41) is 3.63. The molecule has 0 aromatic carbocycles. The largest absolute Gasteiger partial charge is 0.342 e. The standard InChI is InChI=1S/C16H26N2O/c19-16(15-12-5-1-6-13(12)15)18-9-3-4-11(10-18)14-7-2-8-17-14/h11-15,17H,1-10H2. The maximum atomic E-state index is 12.6. The average Bonchev–Trinajstić information content (AvgIpc) is 2.91. The number of hydrogen-bond acceptors (Lipinski definition) is 2. The van der Waals surface area contributed by atoms with Crippen molar-refractivity contribution in [2.45, 2.75) is 51.0 Å². The van der Waals surface area contributed by atoms with E-state index in [1.165, 1.54) is 51.5 Å². The third kappa shape index (κ3) is 2.10. The zero-order valence-corrected chi connectivity index (χ0v) is 11.8. The predicted octanol–water partition coefficient (Wildman–Crippen LogP) is 2.02. The second kappa shape index (κ2) is 4.76. The van der Waals surface area contributed by atoms with Crippen molar-refractivity contribution in [2.75, 3.05) is 19.6 Å². The van der Waals surface area contributed by atoms with Gasteiger partial charge in [-0.2, -0.15) is 0 Å². The molecule has 2 saturated carbocycles. The average molecular weight is 262 g/mol. The Morgan fingerprint density at radius 1 is 1.00 bits per heavy atom. The molecule has 4 fully saturated rings. The van der Waals surface area contributed by atoms with Gasteiger partial charge in [-0.05, 0) is 62.8 Å². The van der Waals surface area contributed by atoms with Crippen molar-refractivity contribution in [3.05, 3.63) is 0 Å². The van der Waals surface area contributed by atoms with Crippen molar-refractivity contribution in [1.29, 1.82) is 0 Å². The smallest absolute Gasteiger partial charge is 0.226 e. The molecule has 4 rings (SSSR count). The zero-order valence-electron chi connectivity index (χ0n) is 11.8. The summed E-state index contributed by atoms with van der Waals surface area (Å²) in [6.07, 6.45) is 9.19. The first-order valence-corrected chi connectivity index (χ1v) is 8.37. The molecule has 106 valence electrons.